The molecular formula is C19H29N3O3. The molecule has 2 rings (SSSR count). The Balaban J connectivity index is 1.85. The summed E-state index contributed by atoms with van der Waals surface area (Å²) in [5.41, 5.74) is 2.82. The number of amides is 2. The summed E-state index contributed by atoms with van der Waals surface area (Å²) in [5, 5.41) is 5.61. The van der Waals surface area contributed by atoms with Crippen molar-refractivity contribution in [3.8, 4) is 0 Å². The van der Waals surface area contributed by atoms with Crippen molar-refractivity contribution in [2.75, 3.05) is 25.0 Å². The van der Waals surface area contributed by atoms with Gasteiger partial charge in [0.05, 0.1) is 24.8 Å². The minimum absolute atomic E-state index is 0.0353. The van der Waals surface area contributed by atoms with Gasteiger partial charge in [0.25, 0.3) is 0 Å². The van der Waals surface area contributed by atoms with Crippen LogP contribution in [0.25, 0.3) is 0 Å². The van der Waals surface area contributed by atoms with Gasteiger partial charge in [-0.3, -0.25) is 14.5 Å². The molecule has 1 saturated heterocycles. The lowest BCUT2D eigenvalue weighted by molar-refractivity contribution is -0.133. The number of carbonyl (C=O) groups excluding carboxylic acids is 2. The largest absolute Gasteiger partial charge is 0.373 e. The van der Waals surface area contributed by atoms with E-state index in [9.17, 15) is 9.59 Å². The fourth-order valence-corrected chi connectivity index (χ4v) is 3.21. The van der Waals surface area contributed by atoms with Crippen molar-refractivity contribution < 1.29 is 14.3 Å². The molecule has 0 spiro atoms. The molecule has 1 aliphatic rings. The van der Waals surface area contributed by atoms with Gasteiger partial charge >= 0.3 is 0 Å². The minimum atomic E-state index is -0.290. The number of aryl methyl sites for hydroxylation is 2. The molecule has 6 nitrogen and oxygen atoms in total. The van der Waals surface area contributed by atoms with Crippen LogP contribution in [0.2, 0.25) is 0 Å². The monoisotopic (exact) mass is 347 g/mol. The first-order chi connectivity index (χ1) is 11.8. The van der Waals surface area contributed by atoms with E-state index >= 15 is 0 Å². The highest BCUT2D eigenvalue weighted by molar-refractivity contribution is 5.96. The molecule has 0 radical (unpaired) electrons. The van der Waals surface area contributed by atoms with Crippen LogP contribution in [0.3, 0.4) is 0 Å². The van der Waals surface area contributed by atoms with E-state index in [1.807, 2.05) is 52.8 Å². The van der Waals surface area contributed by atoms with Crippen molar-refractivity contribution in [3.63, 3.8) is 0 Å². The highest BCUT2D eigenvalue weighted by atomic mass is 16.5. The van der Waals surface area contributed by atoms with E-state index < -0.39 is 0 Å². The second-order valence-electron chi connectivity index (χ2n) is 6.92. The molecule has 2 amide bonds. The van der Waals surface area contributed by atoms with Crippen LogP contribution < -0.4 is 10.6 Å². The van der Waals surface area contributed by atoms with E-state index in [4.69, 9.17) is 4.74 Å². The van der Waals surface area contributed by atoms with Crippen LogP contribution in [0.4, 0.5) is 5.69 Å². The predicted octanol–water partition coefficient (Wildman–Crippen LogP) is 1.86. The molecule has 138 valence electrons. The van der Waals surface area contributed by atoms with E-state index in [0.717, 1.165) is 16.8 Å². The molecular weight excluding hydrogens is 318 g/mol. The molecule has 1 aliphatic heterocycles. The molecule has 1 aromatic rings. The first-order valence-corrected chi connectivity index (χ1v) is 8.81. The van der Waals surface area contributed by atoms with Crippen molar-refractivity contribution >= 4 is 17.5 Å². The molecule has 0 aromatic heterocycles. The maximum atomic E-state index is 12.4. The molecule has 0 bridgehead atoms. The Morgan fingerprint density at radius 1 is 1.20 bits per heavy atom. The average molecular weight is 347 g/mol. The van der Waals surface area contributed by atoms with Crippen molar-refractivity contribution in [1.82, 2.24) is 10.2 Å². The van der Waals surface area contributed by atoms with Crippen LogP contribution in [-0.4, -0.2) is 54.6 Å². The Morgan fingerprint density at radius 3 is 2.32 bits per heavy atom. The summed E-state index contributed by atoms with van der Waals surface area (Å²) in [6, 6.07) is 5.56. The SMILES string of the molecule is Cc1cccc(C)c1NC(=O)CNC(=O)[C@H](C)N1C[C@@H](C)O[C@H](C)C1. The lowest BCUT2D eigenvalue weighted by Gasteiger charge is -2.38. The minimum Gasteiger partial charge on any atom is -0.373 e. The van der Waals surface area contributed by atoms with Gasteiger partial charge in [-0.1, -0.05) is 18.2 Å². The molecule has 1 fully saturated rings. The smallest absolute Gasteiger partial charge is 0.243 e. The fourth-order valence-electron chi connectivity index (χ4n) is 3.21. The number of carbonyl (C=O) groups is 2. The highest BCUT2D eigenvalue weighted by Gasteiger charge is 2.29. The number of anilines is 1. The van der Waals surface area contributed by atoms with Gasteiger partial charge in [0.2, 0.25) is 11.8 Å². The van der Waals surface area contributed by atoms with Gasteiger partial charge < -0.3 is 15.4 Å². The topological polar surface area (TPSA) is 70.7 Å². The normalized spacial score (nSPS) is 22.3. The van der Waals surface area contributed by atoms with E-state index in [0.29, 0.717) is 13.1 Å². The number of para-hydroxylation sites is 1. The van der Waals surface area contributed by atoms with Gasteiger partial charge in [0.1, 0.15) is 0 Å². The number of morpholine rings is 1. The van der Waals surface area contributed by atoms with Gasteiger partial charge in [-0.05, 0) is 45.7 Å². The third kappa shape index (κ3) is 5.28. The van der Waals surface area contributed by atoms with Crippen molar-refractivity contribution in [2.24, 2.45) is 0 Å². The predicted molar refractivity (Wildman–Crippen MR) is 98.6 cm³/mol. The van der Waals surface area contributed by atoms with E-state index in [1.54, 1.807) is 0 Å². The molecule has 0 saturated carbocycles. The molecule has 6 heteroatoms. The van der Waals surface area contributed by atoms with Crippen LogP contribution in [-0.2, 0) is 14.3 Å². The molecule has 0 unspecified atom stereocenters. The maximum Gasteiger partial charge on any atom is 0.243 e. The summed E-state index contributed by atoms with van der Waals surface area (Å²) >= 11 is 0. The van der Waals surface area contributed by atoms with Crippen molar-refractivity contribution in [2.45, 2.75) is 52.9 Å². The lowest BCUT2D eigenvalue weighted by Crippen LogP contribution is -2.54. The van der Waals surface area contributed by atoms with E-state index in [2.05, 4.69) is 15.5 Å². The summed E-state index contributed by atoms with van der Waals surface area (Å²) < 4.78 is 5.70. The molecule has 2 N–H and O–H groups in total. The third-order valence-electron chi connectivity index (χ3n) is 4.54. The quantitative estimate of drug-likeness (QED) is 0.853. The Bertz CT molecular complexity index is 602. The molecule has 1 heterocycles. The number of hydrogen-bond donors (Lipinski definition) is 2. The van der Waals surface area contributed by atoms with Crippen LogP contribution in [0, 0.1) is 13.8 Å². The third-order valence-corrected chi connectivity index (χ3v) is 4.54. The second-order valence-corrected chi connectivity index (χ2v) is 6.92. The molecule has 0 aliphatic carbocycles. The summed E-state index contributed by atoms with van der Waals surface area (Å²) in [6.07, 6.45) is 0.206. The number of ether oxygens (including phenoxy) is 1. The van der Waals surface area contributed by atoms with Crippen LogP contribution >= 0.6 is 0 Å². The first-order valence-electron chi connectivity index (χ1n) is 8.81. The first kappa shape index (κ1) is 19.4. The Hall–Kier alpha value is -1.92. The summed E-state index contributed by atoms with van der Waals surface area (Å²) in [5.74, 6) is -0.361. The van der Waals surface area contributed by atoms with Gasteiger partial charge in [-0.25, -0.2) is 0 Å². The van der Waals surface area contributed by atoms with E-state index in [1.165, 1.54) is 0 Å². The maximum absolute atomic E-state index is 12.4. The highest BCUT2D eigenvalue weighted by Crippen LogP contribution is 2.19. The molecule has 3 atom stereocenters. The van der Waals surface area contributed by atoms with Crippen molar-refractivity contribution in [3.05, 3.63) is 29.3 Å². The van der Waals surface area contributed by atoms with Gasteiger partial charge in [-0.2, -0.15) is 0 Å². The second kappa shape index (κ2) is 8.45. The molecule has 1 aromatic carbocycles. The van der Waals surface area contributed by atoms with Gasteiger partial charge in [0.15, 0.2) is 0 Å². The summed E-state index contributed by atoms with van der Waals surface area (Å²) in [4.78, 5) is 26.6. The average Bonchev–Trinajstić information content (AvgIpc) is 2.54. The number of nitrogens with one attached hydrogen (secondary N) is 2. The zero-order valence-electron chi connectivity index (χ0n) is 15.8. The summed E-state index contributed by atoms with van der Waals surface area (Å²) in [6.45, 7) is 11.2. The van der Waals surface area contributed by atoms with Gasteiger partial charge in [0, 0.05) is 18.8 Å². The number of benzene rings is 1. The van der Waals surface area contributed by atoms with Crippen LogP contribution in [0.5, 0.6) is 0 Å². The van der Waals surface area contributed by atoms with Crippen molar-refractivity contribution in [1.29, 1.82) is 0 Å². The standard InChI is InChI=1S/C19H29N3O3/c1-12-7-6-8-13(2)18(12)21-17(23)9-20-19(24)16(5)22-10-14(3)25-15(4)11-22/h6-8,14-16H,9-11H2,1-5H3,(H,20,24)(H,21,23)/t14-,15-,16+/m1/s1. The number of hydrogen-bond acceptors (Lipinski definition) is 4. The summed E-state index contributed by atoms with van der Waals surface area (Å²) in [7, 11) is 0. The number of rotatable bonds is 5. The number of nitrogens with zero attached hydrogens (tertiary/aromatic N) is 1. The van der Waals surface area contributed by atoms with Gasteiger partial charge in [-0.15, -0.1) is 0 Å². The lowest BCUT2D eigenvalue weighted by atomic mass is 10.1. The Morgan fingerprint density at radius 2 is 1.76 bits per heavy atom. The van der Waals surface area contributed by atoms with E-state index in [-0.39, 0.29) is 36.6 Å². The zero-order valence-corrected chi connectivity index (χ0v) is 15.8. The van der Waals surface area contributed by atoms with Crippen LogP contribution in [0.15, 0.2) is 18.2 Å². The molecule has 25 heavy (non-hydrogen) atoms. The zero-order chi connectivity index (χ0) is 18.6. The Kier molecular flexibility index (Phi) is 6.56. The van der Waals surface area contributed by atoms with Crippen LogP contribution in [0.1, 0.15) is 31.9 Å². The Labute approximate surface area is 149 Å². The fraction of sp³-hybridized carbons (Fsp3) is 0.579.